The topological polar surface area (TPSA) is 76.6 Å². The number of carboxylic acid groups (broad SMARTS) is 1. The van der Waals surface area contributed by atoms with Crippen LogP contribution >= 0.6 is 0 Å². The van der Waals surface area contributed by atoms with E-state index >= 15 is 0 Å². The van der Waals surface area contributed by atoms with E-state index in [0.29, 0.717) is 23.5 Å². The SMILES string of the molecule is Cc1[nH]c2ccc(C(=O)O)cc2c(=O)c1CN(C)C1CCN(C)CC1. The minimum Gasteiger partial charge on any atom is -0.478 e. The third-order valence-electron chi connectivity index (χ3n) is 5.28. The lowest BCUT2D eigenvalue weighted by Crippen LogP contribution is -2.42. The Balaban J connectivity index is 1.92. The molecule has 25 heavy (non-hydrogen) atoms. The van der Waals surface area contributed by atoms with Gasteiger partial charge in [-0.2, -0.15) is 0 Å². The molecule has 0 bridgehead atoms. The Labute approximate surface area is 147 Å². The standard InChI is InChI=1S/C19H25N3O3/c1-12-16(11-22(3)14-6-8-21(2)9-7-14)18(23)15-10-13(19(24)25)4-5-17(15)20-12/h4-5,10,14H,6-9,11H2,1-3H3,(H,20,23)(H,24,25). The lowest BCUT2D eigenvalue weighted by Gasteiger charge is -2.35. The number of aromatic nitrogens is 1. The quantitative estimate of drug-likeness (QED) is 0.889. The number of aryl methyl sites for hydroxylation is 1. The Kier molecular flexibility index (Phi) is 4.92. The fourth-order valence-corrected chi connectivity index (χ4v) is 3.59. The van der Waals surface area contributed by atoms with Crippen molar-refractivity contribution in [3.63, 3.8) is 0 Å². The normalized spacial score (nSPS) is 16.6. The summed E-state index contributed by atoms with van der Waals surface area (Å²) in [7, 11) is 4.20. The molecule has 0 amide bonds. The second-order valence-corrected chi connectivity index (χ2v) is 7.07. The van der Waals surface area contributed by atoms with E-state index in [2.05, 4.69) is 28.9 Å². The van der Waals surface area contributed by atoms with Gasteiger partial charge in [-0.3, -0.25) is 9.69 Å². The number of hydrogen-bond acceptors (Lipinski definition) is 4. The lowest BCUT2D eigenvalue weighted by atomic mass is 10.0. The molecule has 0 radical (unpaired) electrons. The van der Waals surface area contributed by atoms with Gasteiger partial charge in [-0.05, 0) is 65.1 Å². The maximum absolute atomic E-state index is 12.9. The lowest BCUT2D eigenvalue weighted by molar-refractivity contribution is 0.0697. The van der Waals surface area contributed by atoms with Crippen molar-refractivity contribution in [2.45, 2.75) is 32.4 Å². The fraction of sp³-hybridized carbons (Fsp3) is 0.474. The number of nitrogens with zero attached hydrogens (tertiary/aromatic N) is 2. The molecule has 1 aromatic carbocycles. The number of likely N-dealkylation sites (tertiary alicyclic amines) is 1. The van der Waals surface area contributed by atoms with Crippen LogP contribution in [0.25, 0.3) is 10.9 Å². The average Bonchev–Trinajstić information content (AvgIpc) is 2.58. The first-order valence-electron chi connectivity index (χ1n) is 8.64. The number of carbonyl (C=O) groups is 1. The Morgan fingerprint density at radius 2 is 2.04 bits per heavy atom. The summed E-state index contributed by atoms with van der Waals surface area (Å²) in [5, 5.41) is 9.61. The average molecular weight is 343 g/mol. The maximum Gasteiger partial charge on any atom is 0.335 e. The van der Waals surface area contributed by atoms with E-state index in [-0.39, 0.29) is 11.0 Å². The van der Waals surface area contributed by atoms with Crippen molar-refractivity contribution >= 4 is 16.9 Å². The Morgan fingerprint density at radius 3 is 2.68 bits per heavy atom. The molecule has 1 aliphatic rings. The molecule has 0 aliphatic carbocycles. The molecule has 1 fully saturated rings. The first-order valence-corrected chi connectivity index (χ1v) is 8.64. The second-order valence-electron chi connectivity index (χ2n) is 7.07. The molecule has 2 heterocycles. The van der Waals surface area contributed by atoms with E-state index in [4.69, 9.17) is 0 Å². The van der Waals surface area contributed by atoms with E-state index in [1.54, 1.807) is 6.07 Å². The number of rotatable bonds is 4. The highest BCUT2D eigenvalue weighted by Gasteiger charge is 2.22. The molecule has 6 nitrogen and oxygen atoms in total. The number of aromatic carboxylic acids is 1. The molecule has 6 heteroatoms. The first-order chi connectivity index (χ1) is 11.9. The van der Waals surface area contributed by atoms with Gasteiger partial charge in [0.15, 0.2) is 5.43 Å². The highest BCUT2D eigenvalue weighted by molar-refractivity contribution is 5.93. The molecule has 0 saturated carbocycles. The van der Waals surface area contributed by atoms with Gasteiger partial charge < -0.3 is 15.0 Å². The van der Waals surface area contributed by atoms with Crippen LogP contribution in [0.5, 0.6) is 0 Å². The molecule has 0 unspecified atom stereocenters. The van der Waals surface area contributed by atoms with Crippen LogP contribution in [0.3, 0.4) is 0 Å². The molecule has 1 aromatic heterocycles. The molecule has 0 atom stereocenters. The Morgan fingerprint density at radius 1 is 1.36 bits per heavy atom. The summed E-state index contributed by atoms with van der Waals surface area (Å²) in [5.74, 6) is -1.02. The number of carboxylic acids is 1. The fourth-order valence-electron chi connectivity index (χ4n) is 3.59. The highest BCUT2D eigenvalue weighted by atomic mass is 16.4. The smallest absolute Gasteiger partial charge is 0.335 e. The number of benzene rings is 1. The van der Waals surface area contributed by atoms with Crippen LogP contribution in [0, 0.1) is 6.92 Å². The van der Waals surface area contributed by atoms with Crippen molar-refractivity contribution in [1.29, 1.82) is 0 Å². The summed E-state index contributed by atoms with van der Waals surface area (Å²) >= 11 is 0. The van der Waals surface area contributed by atoms with E-state index in [9.17, 15) is 14.7 Å². The van der Waals surface area contributed by atoms with Crippen molar-refractivity contribution in [2.24, 2.45) is 0 Å². The molecule has 2 aromatic rings. The van der Waals surface area contributed by atoms with Gasteiger partial charge in [-0.15, -0.1) is 0 Å². The largest absolute Gasteiger partial charge is 0.478 e. The number of nitrogens with one attached hydrogen (secondary N) is 1. The van der Waals surface area contributed by atoms with Gasteiger partial charge in [0.25, 0.3) is 0 Å². The van der Waals surface area contributed by atoms with E-state index in [0.717, 1.165) is 37.2 Å². The molecule has 2 N–H and O–H groups in total. The molecule has 134 valence electrons. The van der Waals surface area contributed by atoms with Crippen LogP contribution in [-0.2, 0) is 6.54 Å². The van der Waals surface area contributed by atoms with Crippen molar-refractivity contribution in [3.05, 3.63) is 45.2 Å². The summed E-state index contributed by atoms with van der Waals surface area (Å²) in [6, 6.07) is 5.12. The third kappa shape index (κ3) is 3.60. The monoisotopic (exact) mass is 343 g/mol. The second kappa shape index (κ2) is 6.98. The van der Waals surface area contributed by atoms with E-state index in [1.165, 1.54) is 12.1 Å². The van der Waals surface area contributed by atoms with Crippen molar-refractivity contribution < 1.29 is 9.90 Å². The zero-order chi connectivity index (χ0) is 18.1. The van der Waals surface area contributed by atoms with Gasteiger partial charge >= 0.3 is 5.97 Å². The molecule has 3 rings (SSSR count). The minimum absolute atomic E-state index is 0.0749. The molecule has 1 saturated heterocycles. The predicted molar refractivity (Wildman–Crippen MR) is 98.3 cm³/mol. The van der Waals surface area contributed by atoms with Crippen LogP contribution in [0.4, 0.5) is 0 Å². The summed E-state index contributed by atoms with van der Waals surface area (Å²) < 4.78 is 0. The highest BCUT2D eigenvalue weighted by Crippen LogP contribution is 2.19. The summed E-state index contributed by atoms with van der Waals surface area (Å²) in [4.78, 5) is 32.0. The van der Waals surface area contributed by atoms with Gasteiger partial charge in [0.2, 0.25) is 0 Å². The van der Waals surface area contributed by atoms with Crippen molar-refractivity contribution in [3.8, 4) is 0 Å². The molecule has 1 aliphatic heterocycles. The zero-order valence-electron chi connectivity index (χ0n) is 15.0. The predicted octanol–water partition coefficient (Wildman–Crippen LogP) is 2.06. The number of hydrogen-bond donors (Lipinski definition) is 2. The van der Waals surface area contributed by atoms with Crippen molar-refractivity contribution in [2.75, 3.05) is 27.2 Å². The number of aromatic amines is 1. The van der Waals surface area contributed by atoms with Crippen LogP contribution < -0.4 is 5.43 Å². The number of fused-ring (bicyclic) bond motifs is 1. The number of piperidine rings is 1. The van der Waals surface area contributed by atoms with Crippen LogP contribution in [0.2, 0.25) is 0 Å². The van der Waals surface area contributed by atoms with Crippen molar-refractivity contribution in [1.82, 2.24) is 14.8 Å². The van der Waals surface area contributed by atoms with Gasteiger partial charge in [-0.25, -0.2) is 4.79 Å². The van der Waals surface area contributed by atoms with E-state index < -0.39 is 5.97 Å². The van der Waals surface area contributed by atoms with Gasteiger partial charge in [0, 0.05) is 34.7 Å². The molecule has 0 spiro atoms. The number of H-pyrrole nitrogens is 1. The van der Waals surface area contributed by atoms with Gasteiger partial charge in [-0.1, -0.05) is 0 Å². The summed E-state index contributed by atoms with van der Waals surface area (Å²) in [6.45, 7) is 4.63. The third-order valence-corrected chi connectivity index (χ3v) is 5.28. The van der Waals surface area contributed by atoms with E-state index in [1.807, 2.05) is 6.92 Å². The molecular weight excluding hydrogens is 318 g/mol. The maximum atomic E-state index is 12.9. The minimum atomic E-state index is -1.02. The number of pyridine rings is 1. The summed E-state index contributed by atoms with van der Waals surface area (Å²) in [6.07, 6.45) is 2.20. The summed E-state index contributed by atoms with van der Waals surface area (Å²) in [5.41, 5.74) is 2.31. The first kappa shape index (κ1) is 17.6. The Bertz CT molecular complexity index is 851. The van der Waals surface area contributed by atoms with Gasteiger partial charge in [0.05, 0.1) is 5.56 Å². The Hall–Kier alpha value is -2.18. The van der Waals surface area contributed by atoms with Crippen LogP contribution in [0.1, 0.15) is 34.5 Å². The van der Waals surface area contributed by atoms with Crippen LogP contribution in [-0.4, -0.2) is 59.1 Å². The van der Waals surface area contributed by atoms with Crippen LogP contribution in [0.15, 0.2) is 23.0 Å². The zero-order valence-corrected chi connectivity index (χ0v) is 15.0. The molecular formula is C19H25N3O3. The van der Waals surface area contributed by atoms with Gasteiger partial charge in [0.1, 0.15) is 0 Å².